The van der Waals surface area contributed by atoms with E-state index in [9.17, 15) is 0 Å². The lowest BCUT2D eigenvalue weighted by Gasteiger charge is -2.31. The van der Waals surface area contributed by atoms with E-state index in [1.54, 1.807) is 6.20 Å². The lowest BCUT2D eigenvalue weighted by molar-refractivity contribution is -0.0357. The first-order chi connectivity index (χ1) is 7.28. The molecule has 1 aromatic rings. The second kappa shape index (κ2) is 4.63. The highest BCUT2D eigenvalue weighted by Gasteiger charge is 2.19. The van der Waals surface area contributed by atoms with Gasteiger partial charge in [-0.25, -0.2) is 0 Å². The lowest BCUT2D eigenvalue weighted by Crippen LogP contribution is -2.44. The zero-order valence-corrected chi connectivity index (χ0v) is 9.09. The van der Waals surface area contributed by atoms with Crippen LogP contribution in [0.5, 0.6) is 0 Å². The largest absolute Gasteiger partial charge is 0.396 e. The van der Waals surface area contributed by atoms with Crippen molar-refractivity contribution in [3.05, 3.63) is 12.4 Å². The molecule has 1 saturated heterocycles. The highest BCUT2D eigenvalue weighted by atomic mass is 16.5. The Hall–Kier alpha value is -1.07. The average Bonchev–Trinajstić information content (AvgIpc) is 2.64. The molecule has 84 valence electrons. The Bertz CT molecular complexity index is 312. The molecule has 0 aromatic carbocycles. The molecule has 1 fully saturated rings. The molecule has 0 radical (unpaired) electrons. The van der Waals surface area contributed by atoms with Crippen LogP contribution < -0.4 is 5.73 Å². The summed E-state index contributed by atoms with van der Waals surface area (Å²) in [6.45, 7) is 6.88. The summed E-state index contributed by atoms with van der Waals surface area (Å²) >= 11 is 0. The van der Waals surface area contributed by atoms with E-state index < -0.39 is 0 Å². The first kappa shape index (κ1) is 10.4. The fraction of sp³-hybridized carbons (Fsp3) is 0.700. The predicted octanol–water partition coefficient (Wildman–Crippen LogP) is 0.186. The molecule has 15 heavy (non-hydrogen) atoms. The van der Waals surface area contributed by atoms with Gasteiger partial charge in [-0.1, -0.05) is 6.92 Å². The zero-order valence-electron chi connectivity index (χ0n) is 9.09. The van der Waals surface area contributed by atoms with Gasteiger partial charge in [0.2, 0.25) is 0 Å². The van der Waals surface area contributed by atoms with Crippen LogP contribution in [0.15, 0.2) is 12.4 Å². The van der Waals surface area contributed by atoms with Crippen molar-refractivity contribution in [2.24, 2.45) is 0 Å². The van der Waals surface area contributed by atoms with Crippen LogP contribution in [0, 0.1) is 0 Å². The van der Waals surface area contributed by atoms with Crippen LogP contribution in [0.4, 0.5) is 5.69 Å². The second-order valence-corrected chi connectivity index (χ2v) is 3.88. The maximum Gasteiger partial charge on any atom is 0.0898 e. The fourth-order valence-corrected chi connectivity index (χ4v) is 1.87. The summed E-state index contributed by atoms with van der Waals surface area (Å²) in [5, 5.41) is 4.15. The average molecular weight is 210 g/mol. The number of nitrogen functional groups attached to an aromatic ring is 1. The van der Waals surface area contributed by atoms with Crippen LogP contribution in [0.3, 0.4) is 0 Å². The highest BCUT2D eigenvalue weighted by Crippen LogP contribution is 2.08. The lowest BCUT2D eigenvalue weighted by atomic mass is 10.2. The third kappa shape index (κ3) is 2.70. The molecule has 2 rings (SSSR count). The van der Waals surface area contributed by atoms with Crippen LogP contribution in [0.2, 0.25) is 0 Å². The number of nitrogens with two attached hydrogens (primary N) is 1. The van der Waals surface area contributed by atoms with Crippen LogP contribution in [0.25, 0.3) is 0 Å². The van der Waals surface area contributed by atoms with E-state index in [0.29, 0.717) is 5.69 Å². The Kier molecular flexibility index (Phi) is 3.23. The van der Waals surface area contributed by atoms with Gasteiger partial charge in [0.1, 0.15) is 0 Å². The van der Waals surface area contributed by atoms with Crippen molar-refractivity contribution in [1.82, 2.24) is 14.7 Å². The third-order valence-corrected chi connectivity index (χ3v) is 2.71. The van der Waals surface area contributed by atoms with Crippen LogP contribution in [0.1, 0.15) is 6.92 Å². The minimum Gasteiger partial charge on any atom is -0.396 e. The number of hydrogen-bond acceptors (Lipinski definition) is 4. The molecular weight excluding hydrogens is 192 g/mol. The first-order valence-electron chi connectivity index (χ1n) is 5.40. The van der Waals surface area contributed by atoms with Gasteiger partial charge >= 0.3 is 0 Å². The summed E-state index contributed by atoms with van der Waals surface area (Å²) in [5.74, 6) is 0. The van der Waals surface area contributed by atoms with E-state index in [1.807, 2.05) is 10.9 Å². The number of morpholine rings is 1. The van der Waals surface area contributed by atoms with Crippen molar-refractivity contribution in [2.45, 2.75) is 19.6 Å². The van der Waals surface area contributed by atoms with E-state index in [1.165, 1.54) is 0 Å². The molecule has 1 unspecified atom stereocenters. The van der Waals surface area contributed by atoms with E-state index in [0.717, 1.165) is 32.8 Å². The first-order valence-corrected chi connectivity index (χ1v) is 5.40. The molecule has 1 aliphatic heterocycles. The predicted molar refractivity (Wildman–Crippen MR) is 58.5 cm³/mol. The summed E-state index contributed by atoms with van der Waals surface area (Å²) in [6, 6.07) is 0. The Balaban J connectivity index is 1.88. The Morgan fingerprint density at radius 2 is 2.53 bits per heavy atom. The molecule has 5 nitrogen and oxygen atoms in total. The SMILES string of the molecule is CCN1CCOC(Cn2cc(N)cn2)C1. The zero-order chi connectivity index (χ0) is 10.7. The van der Waals surface area contributed by atoms with Crippen LogP contribution in [-0.4, -0.2) is 47.0 Å². The summed E-state index contributed by atoms with van der Waals surface area (Å²) < 4.78 is 7.53. The van der Waals surface area contributed by atoms with Gasteiger partial charge in [-0.15, -0.1) is 0 Å². The van der Waals surface area contributed by atoms with Gasteiger partial charge in [0.15, 0.2) is 0 Å². The van der Waals surface area contributed by atoms with Crippen molar-refractivity contribution >= 4 is 5.69 Å². The molecule has 1 aromatic heterocycles. The number of hydrogen-bond donors (Lipinski definition) is 1. The van der Waals surface area contributed by atoms with Crippen LogP contribution >= 0.6 is 0 Å². The molecular formula is C10H18N4O. The van der Waals surface area contributed by atoms with Gasteiger partial charge in [0, 0.05) is 19.3 Å². The van der Waals surface area contributed by atoms with Gasteiger partial charge in [-0.05, 0) is 6.54 Å². The van der Waals surface area contributed by atoms with E-state index in [4.69, 9.17) is 10.5 Å². The summed E-state index contributed by atoms with van der Waals surface area (Å²) in [6.07, 6.45) is 3.74. The van der Waals surface area contributed by atoms with Crippen molar-refractivity contribution in [3.63, 3.8) is 0 Å². The van der Waals surface area contributed by atoms with Gasteiger partial charge in [-0.3, -0.25) is 9.58 Å². The Labute approximate surface area is 89.8 Å². The minimum atomic E-state index is 0.234. The molecule has 0 aliphatic carbocycles. The Morgan fingerprint density at radius 1 is 1.67 bits per heavy atom. The molecule has 0 saturated carbocycles. The fourth-order valence-electron chi connectivity index (χ4n) is 1.87. The van der Waals surface area contributed by atoms with E-state index in [-0.39, 0.29) is 6.10 Å². The molecule has 1 aliphatic rings. The summed E-state index contributed by atoms with van der Waals surface area (Å²) in [7, 11) is 0. The molecule has 0 bridgehead atoms. The third-order valence-electron chi connectivity index (χ3n) is 2.71. The van der Waals surface area contributed by atoms with Crippen molar-refractivity contribution in [3.8, 4) is 0 Å². The van der Waals surface area contributed by atoms with Gasteiger partial charge in [0.05, 0.1) is 31.1 Å². The number of nitrogens with zero attached hydrogens (tertiary/aromatic N) is 3. The normalized spacial score (nSPS) is 23.1. The monoisotopic (exact) mass is 210 g/mol. The number of anilines is 1. The molecule has 5 heteroatoms. The molecule has 1 atom stereocenters. The van der Waals surface area contributed by atoms with E-state index in [2.05, 4.69) is 16.9 Å². The number of rotatable bonds is 3. The van der Waals surface area contributed by atoms with Crippen molar-refractivity contribution < 1.29 is 4.74 Å². The molecule has 2 N–H and O–H groups in total. The minimum absolute atomic E-state index is 0.234. The van der Waals surface area contributed by atoms with Crippen LogP contribution in [-0.2, 0) is 11.3 Å². The van der Waals surface area contributed by atoms with Gasteiger partial charge in [0.25, 0.3) is 0 Å². The molecule has 2 heterocycles. The maximum atomic E-state index is 5.68. The smallest absolute Gasteiger partial charge is 0.0898 e. The summed E-state index contributed by atoms with van der Waals surface area (Å²) in [4.78, 5) is 2.39. The standard InChI is InChI=1S/C10H18N4O/c1-2-13-3-4-15-10(7-13)8-14-6-9(11)5-12-14/h5-6,10H,2-4,7-8,11H2,1H3. The van der Waals surface area contributed by atoms with E-state index >= 15 is 0 Å². The van der Waals surface area contributed by atoms with Gasteiger partial charge in [-0.2, -0.15) is 5.10 Å². The van der Waals surface area contributed by atoms with Gasteiger partial charge < -0.3 is 10.5 Å². The molecule has 0 spiro atoms. The second-order valence-electron chi connectivity index (χ2n) is 3.88. The summed E-state index contributed by atoms with van der Waals surface area (Å²) in [5.41, 5.74) is 6.31. The topological polar surface area (TPSA) is 56.3 Å². The maximum absolute atomic E-state index is 5.68. The van der Waals surface area contributed by atoms with Crippen molar-refractivity contribution in [2.75, 3.05) is 32.0 Å². The number of ether oxygens (including phenoxy) is 1. The Morgan fingerprint density at radius 3 is 3.20 bits per heavy atom. The quantitative estimate of drug-likeness (QED) is 0.773. The molecule has 0 amide bonds. The number of likely N-dealkylation sites (N-methyl/N-ethyl adjacent to an activating group) is 1. The number of aromatic nitrogens is 2. The van der Waals surface area contributed by atoms with Crippen molar-refractivity contribution in [1.29, 1.82) is 0 Å². The highest BCUT2D eigenvalue weighted by molar-refractivity contribution is 5.30.